The van der Waals surface area contributed by atoms with Crippen LogP contribution in [0.4, 0.5) is 5.69 Å². The molecular formula is C21H23ClN2O4. The Hall–Kier alpha value is -2.86. The molecule has 0 unspecified atom stereocenters. The van der Waals surface area contributed by atoms with E-state index in [1.54, 1.807) is 29.2 Å². The summed E-state index contributed by atoms with van der Waals surface area (Å²) in [5.41, 5.74) is 3.23. The number of hydrogen-bond donors (Lipinski definition) is 2. The molecule has 2 N–H and O–H groups in total. The predicted octanol–water partition coefficient (Wildman–Crippen LogP) is 3.58. The third kappa shape index (κ3) is 5.82. The second-order valence-electron chi connectivity index (χ2n) is 6.48. The van der Waals surface area contributed by atoms with Crippen LogP contribution in [-0.2, 0) is 9.59 Å². The molecule has 0 aromatic heterocycles. The van der Waals surface area contributed by atoms with E-state index in [1.807, 2.05) is 32.0 Å². The van der Waals surface area contributed by atoms with Crippen LogP contribution in [0.2, 0.25) is 5.02 Å². The van der Waals surface area contributed by atoms with Gasteiger partial charge >= 0.3 is 5.97 Å². The minimum atomic E-state index is -1.09. The summed E-state index contributed by atoms with van der Waals surface area (Å²) in [6.07, 6.45) is 0.529. The summed E-state index contributed by atoms with van der Waals surface area (Å²) in [5.74, 6) is -1.63. The van der Waals surface area contributed by atoms with Gasteiger partial charge in [-0.2, -0.15) is 0 Å². The smallest absolute Gasteiger partial charge is 0.322 e. The first-order valence-corrected chi connectivity index (χ1v) is 9.29. The van der Waals surface area contributed by atoms with Crippen LogP contribution < -0.4 is 10.2 Å². The second-order valence-corrected chi connectivity index (χ2v) is 6.91. The quantitative estimate of drug-likeness (QED) is 0.706. The molecule has 0 heterocycles. The van der Waals surface area contributed by atoms with Crippen molar-refractivity contribution in [2.75, 3.05) is 18.0 Å². The molecule has 2 aromatic rings. The van der Waals surface area contributed by atoms with Crippen LogP contribution in [0.25, 0.3) is 0 Å². The summed E-state index contributed by atoms with van der Waals surface area (Å²) < 4.78 is 0. The standard InChI is InChI=1S/C21H23ClN2O4/c1-14-5-3-6-15(2)20(14)24(12-4-7-18(25)23-13-19(26)27)21(28)16-8-10-17(22)11-9-16/h3,5-6,8-11H,4,7,12-13H2,1-2H3,(H,23,25)(H,26,27). The number of anilines is 1. The maximum atomic E-state index is 13.2. The van der Waals surface area contributed by atoms with Crippen LogP contribution in [0.1, 0.15) is 34.3 Å². The van der Waals surface area contributed by atoms with Gasteiger partial charge in [0.15, 0.2) is 0 Å². The molecule has 148 valence electrons. The number of aliphatic carboxylic acids is 1. The highest BCUT2D eigenvalue weighted by atomic mass is 35.5. The molecule has 0 radical (unpaired) electrons. The molecule has 2 rings (SSSR count). The number of carboxylic acid groups (broad SMARTS) is 1. The minimum absolute atomic E-state index is 0.128. The van der Waals surface area contributed by atoms with Gasteiger partial charge in [0, 0.05) is 29.2 Å². The lowest BCUT2D eigenvalue weighted by Gasteiger charge is -2.26. The second kappa shape index (κ2) is 9.90. The third-order valence-corrected chi connectivity index (χ3v) is 4.52. The van der Waals surface area contributed by atoms with E-state index < -0.39 is 12.5 Å². The number of benzene rings is 2. The van der Waals surface area contributed by atoms with Crippen molar-refractivity contribution in [3.8, 4) is 0 Å². The Morgan fingerprint density at radius 3 is 2.21 bits per heavy atom. The summed E-state index contributed by atoms with van der Waals surface area (Å²) in [6, 6.07) is 12.5. The molecule has 28 heavy (non-hydrogen) atoms. The van der Waals surface area contributed by atoms with Crippen molar-refractivity contribution in [1.82, 2.24) is 5.32 Å². The molecule has 0 aliphatic carbocycles. The maximum Gasteiger partial charge on any atom is 0.322 e. The fourth-order valence-electron chi connectivity index (χ4n) is 2.95. The van der Waals surface area contributed by atoms with E-state index in [4.69, 9.17) is 16.7 Å². The van der Waals surface area contributed by atoms with Gasteiger partial charge in [0.05, 0.1) is 0 Å². The van der Waals surface area contributed by atoms with Crippen LogP contribution >= 0.6 is 11.6 Å². The van der Waals surface area contributed by atoms with Gasteiger partial charge in [0.1, 0.15) is 6.54 Å². The van der Waals surface area contributed by atoms with Crippen LogP contribution in [0.5, 0.6) is 0 Å². The monoisotopic (exact) mass is 402 g/mol. The fraction of sp³-hybridized carbons (Fsp3) is 0.286. The number of carbonyl (C=O) groups excluding carboxylic acids is 2. The largest absolute Gasteiger partial charge is 0.480 e. The number of para-hydroxylation sites is 1. The van der Waals surface area contributed by atoms with E-state index >= 15 is 0 Å². The molecule has 2 amide bonds. The Kier molecular flexibility index (Phi) is 7.58. The number of halogens is 1. The first kappa shape index (κ1) is 21.4. The van der Waals surface area contributed by atoms with Crippen LogP contribution in [0.3, 0.4) is 0 Å². The fourth-order valence-corrected chi connectivity index (χ4v) is 3.08. The zero-order valence-corrected chi connectivity index (χ0v) is 16.6. The Balaban J connectivity index is 2.20. The average Bonchev–Trinajstić information content (AvgIpc) is 2.65. The van der Waals surface area contributed by atoms with Crippen molar-refractivity contribution >= 4 is 35.1 Å². The molecule has 0 aliphatic heterocycles. The topological polar surface area (TPSA) is 86.7 Å². The Morgan fingerprint density at radius 1 is 1.04 bits per heavy atom. The number of carboxylic acids is 1. The van der Waals surface area contributed by atoms with Gasteiger partial charge in [-0.25, -0.2) is 0 Å². The molecule has 2 aromatic carbocycles. The zero-order valence-electron chi connectivity index (χ0n) is 15.9. The number of amides is 2. The lowest BCUT2D eigenvalue weighted by atomic mass is 10.1. The van der Waals surface area contributed by atoms with Crippen molar-refractivity contribution in [2.45, 2.75) is 26.7 Å². The highest BCUT2D eigenvalue weighted by Gasteiger charge is 2.21. The van der Waals surface area contributed by atoms with Gasteiger partial charge in [0.25, 0.3) is 5.91 Å². The Morgan fingerprint density at radius 2 is 1.64 bits per heavy atom. The lowest BCUT2D eigenvalue weighted by molar-refractivity contribution is -0.137. The number of nitrogens with zero attached hydrogens (tertiary/aromatic N) is 1. The molecule has 0 spiro atoms. The predicted molar refractivity (Wildman–Crippen MR) is 109 cm³/mol. The van der Waals surface area contributed by atoms with E-state index in [0.29, 0.717) is 23.6 Å². The normalized spacial score (nSPS) is 10.4. The third-order valence-electron chi connectivity index (χ3n) is 4.27. The summed E-state index contributed by atoms with van der Waals surface area (Å²) in [6.45, 7) is 3.78. The molecular weight excluding hydrogens is 380 g/mol. The van der Waals surface area contributed by atoms with E-state index in [1.165, 1.54) is 0 Å². The molecule has 0 saturated carbocycles. The van der Waals surface area contributed by atoms with Crippen molar-refractivity contribution in [3.05, 3.63) is 64.2 Å². The number of nitrogens with one attached hydrogen (secondary N) is 1. The molecule has 7 heteroatoms. The zero-order chi connectivity index (χ0) is 20.7. The summed E-state index contributed by atoms with van der Waals surface area (Å²) in [4.78, 5) is 37.1. The summed E-state index contributed by atoms with van der Waals surface area (Å²) >= 11 is 5.92. The van der Waals surface area contributed by atoms with Crippen molar-refractivity contribution in [2.24, 2.45) is 0 Å². The minimum Gasteiger partial charge on any atom is -0.480 e. The lowest BCUT2D eigenvalue weighted by Crippen LogP contribution is -2.34. The number of hydrogen-bond acceptors (Lipinski definition) is 3. The Labute approximate surface area is 169 Å². The number of aryl methyl sites for hydroxylation is 2. The highest BCUT2D eigenvalue weighted by molar-refractivity contribution is 6.30. The van der Waals surface area contributed by atoms with Crippen LogP contribution in [-0.4, -0.2) is 36.0 Å². The SMILES string of the molecule is Cc1cccc(C)c1N(CCCC(=O)NCC(=O)O)C(=O)c1ccc(Cl)cc1. The molecule has 0 bridgehead atoms. The van der Waals surface area contributed by atoms with Gasteiger partial charge in [-0.1, -0.05) is 29.8 Å². The first-order chi connectivity index (χ1) is 13.3. The van der Waals surface area contributed by atoms with E-state index in [2.05, 4.69) is 5.32 Å². The molecule has 0 atom stereocenters. The van der Waals surface area contributed by atoms with E-state index in [-0.39, 0.29) is 18.2 Å². The summed E-state index contributed by atoms with van der Waals surface area (Å²) in [5, 5.41) is 11.5. The van der Waals surface area contributed by atoms with Gasteiger partial charge in [-0.15, -0.1) is 0 Å². The molecule has 0 fully saturated rings. The van der Waals surface area contributed by atoms with Crippen molar-refractivity contribution in [1.29, 1.82) is 0 Å². The van der Waals surface area contributed by atoms with Gasteiger partial charge in [-0.05, 0) is 55.7 Å². The van der Waals surface area contributed by atoms with E-state index in [9.17, 15) is 14.4 Å². The van der Waals surface area contributed by atoms with Crippen molar-refractivity contribution in [3.63, 3.8) is 0 Å². The maximum absolute atomic E-state index is 13.2. The van der Waals surface area contributed by atoms with Crippen LogP contribution in [0.15, 0.2) is 42.5 Å². The molecule has 0 saturated heterocycles. The van der Waals surface area contributed by atoms with Crippen molar-refractivity contribution < 1.29 is 19.5 Å². The van der Waals surface area contributed by atoms with Gasteiger partial charge in [-0.3, -0.25) is 14.4 Å². The Bertz CT molecular complexity index is 845. The number of carbonyl (C=O) groups is 3. The molecule has 0 aliphatic rings. The van der Waals surface area contributed by atoms with E-state index in [0.717, 1.165) is 16.8 Å². The van der Waals surface area contributed by atoms with Gasteiger partial charge < -0.3 is 15.3 Å². The first-order valence-electron chi connectivity index (χ1n) is 8.91. The average molecular weight is 403 g/mol. The van der Waals surface area contributed by atoms with Gasteiger partial charge in [0.2, 0.25) is 5.91 Å². The molecule has 6 nitrogen and oxygen atoms in total. The highest BCUT2D eigenvalue weighted by Crippen LogP contribution is 2.27. The number of rotatable bonds is 8. The van der Waals surface area contributed by atoms with Crippen LogP contribution in [0, 0.1) is 13.8 Å². The summed E-state index contributed by atoms with van der Waals surface area (Å²) in [7, 11) is 0.